The van der Waals surface area contributed by atoms with Crippen LogP contribution < -0.4 is 0 Å². The predicted molar refractivity (Wildman–Crippen MR) is 86.2 cm³/mol. The van der Waals surface area contributed by atoms with E-state index >= 15 is 0 Å². The molecule has 0 bridgehead atoms. The average Bonchev–Trinajstić information content (AvgIpc) is 2.99. The van der Waals surface area contributed by atoms with Crippen LogP contribution in [0.4, 0.5) is 0 Å². The maximum absolute atomic E-state index is 10.7. The van der Waals surface area contributed by atoms with Gasteiger partial charge in [0.1, 0.15) is 0 Å². The first kappa shape index (κ1) is 15.5. The number of carboxylic acids is 1. The highest BCUT2D eigenvalue weighted by Crippen LogP contribution is 2.24. The molecule has 2 aromatic rings. The molecule has 0 aliphatic carbocycles. The number of rotatable bonds is 5. The number of aromatic nitrogens is 2. The lowest BCUT2D eigenvalue weighted by molar-refractivity contribution is -0.136. The second kappa shape index (κ2) is 6.81. The second-order valence-electron chi connectivity index (χ2n) is 5.51. The van der Waals surface area contributed by atoms with Crippen molar-refractivity contribution < 1.29 is 9.90 Å². The number of aryl methyl sites for hydroxylation is 2. The first-order valence-corrected chi connectivity index (χ1v) is 8.53. The van der Waals surface area contributed by atoms with Gasteiger partial charge in [-0.15, -0.1) is 11.3 Å². The molecule has 0 atom stereocenters. The van der Waals surface area contributed by atoms with Crippen molar-refractivity contribution in [3.8, 4) is 0 Å². The van der Waals surface area contributed by atoms with Crippen molar-refractivity contribution in [2.24, 2.45) is 0 Å². The number of halogens is 1. The summed E-state index contributed by atoms with van der Waals surface area (Å²) in [6.45, 7) is 3.66. The van der Waals surface area contributed by atoms with E-state index in [1.165, 1.54) is 10.6 Å². The third-order valence-electron chi connectivity index (χ3n) is 3.75. The minimum atomic E-state index is -0.778. The van der Waals surface area contributed by atoms with Crippen LogP contribution in [0.3, 0.4) is 0 Å². The molecule has 3 heterocycles. The molecule has 1 aliphatic rings. The molecular weight excluding hydrogens is 322 g/mol. The lowest BCUT2D eigenvalue weighted by atomic mass is 10.2. The highest BCUT2D eigenvalue weighted by molar-refractivity contribution is 7.16. The van der Waals surface area contributed by atoms with Crippen molar-refractivity contribution in [2.75, 3.05) is 6.54 Å². The number of fused-ring (bicyclic) bond motifs is 1. The van der Waals surface area contributed by atoms with Gasteiger partial charge in [0.2, 0.25) is 0 Å². The molecule has 0 amide bonds. The summed E-state index contributed by atoms with van der Waals surface area (Å²) in [5.74, 6) is -0.778. The molecule has 0 saturated carbocycles. The predicted octanol–water partition coefficient (Wildman–Crippen LogP) is 3.02. The highest BCUT2D eigenvalue weighted by atomic mass is 35.5. The minimum absolute atomic E-state index is 0.133. The molecule has 118 valence electrons. The summed E-state index contributed by atoms with van der Waals surface area (Å²) < 4.78 is 2.85. The van der Waals surface area contributed by atoms with Crippen molar-refractivity contribution in [2.45, 2.75) is 38.9 Å². The van der Waals surface area contributed by atoms with Gasteiger partial charge in [0.15, 0.2) is 0 Å². The number of hydrogen-bond donors (Lipinski definition) is 1. The van der Waals surface area contributed by atoms with Crippen molar-refractivity contribution in [3.63, 3.8) is 0 Å². The van der Waals surface area contributed by atoms with Gasteiger partial charge in [0.25, 0.3) is 0 Å². The Bertz CT molecular complexity index is 668. The van der Waals surface area contributed by atoms with Crippen LogP contribution in [0.1, 0.15) is 29.1 Å². The molecule has 22 heavy (non-hydrogen) atoms. The summed E-state index contributed by atoms with van der Waals surface area (Å²) in [7, 11) is 0. The van der Waals surface area contributed by atoms with E-state index in [1.807, 2.05) is 16.8 Å². The second-order valence-corrected chi connectivity index (χ2v) is 7.31. The van der Waals surface area contributed by atoms with Gasteiger partial charge in [0, 0.05) is 37.5 Å². The number of thiophene rings is 1. The smallest absolute Gasteiger partial charge is 0.303 e. The van der Waals surface area contributed by atoms with E-state index in [0.717, 1.165) is 42.6 Å². The molecule has 1 N–H and O–H groups in total. The monoisotopic (exact) mass is 339 g/mol. The zero-order valence-corrected chi connectivity index (χ0v) is 13.7. The van der Waals surface area contributed by atoms with E-state index in [4.69, 9.17) is 16.7 Å². The minimum Gasteiger partial charge on any atom is -0.481 e. The van der Waals surface area contributed by atoms with Crippen LogP contribution >= 0.6 is 22.9 Å². The molecule has 0 saturated heterocycles. The van der Waals surface area contributed by atoms with Crippen LogP contribution in [0.25, 0.3) is 0 Å². The fraction of sp³-hybridized carbons (Fsp3) is 0.467. The third-order valence-corrected chi connectivity index (χ3v) is 4.96. The first-order valence-electron chi connectivity index (χ1n) is 7.34. The van der Waals surface area contributed by atoms with Crippen molar-refractivity contribution in [1.82, 2.24) is 14.7 Å². The van der Waals surface area contributed by atoms with Crippen molar-refractivity contribution in [3.05, 3.63) is 38.8 Å². The van der Waals surface area contributed by atoms with E-state index in [-0.39, 0.29) is 6.42 Å². The molecular formula is C15H18ClN3O2S. The molecule has 1 aliphatic heterocycles. The Balaban J connectivity index is 1.67. The number of carboxylic acid groups (broad SMARTS) is 1. The van der Waals surface area contributed by atoms with E-state index in [9.17, 15) is 4.79 Å². The van der Waals surface area contributed by atoms with Gasteiger partial charge < -0.3 is 5.11 Å². The quantitative estimate of drug-likeness (QED) is 0.909. The Morgan fingerprint density at radius 2 is 2.27 bits per heavy atom. The molecule has 5 nitrogen and oxygen atoms in total. The average molecular weight is 340 g/mol. The summed E-state index contributed by atoms with van der Waals surface area (Å²) in [5, 5.41) is 13.3. The standard InChI is InChI=1S/C15H18ClN3O2S/c16-14-4-3-13(22-14)10-18-6-1-7-19-12(9-18)8-11(17-19)2-5-15(20)21/h3-4,8H,1-2,5-7,9-10H2,(H,20,21). The van der Waals surface area contributed by atoms with Gasteiger partial charge in [-0.05, 0) is 24.6 Å². The topological polar surface area (TPSA) is 58.4 Å². The Labute approximate surface area is 138 Å². The summed E-state index contributed by atoms with van der Waals surface area (Å²) in [6.07, 6.45) is 1.68. The Kier molecular flexibility index (Phi) is 4.81. The molecule has 3 rings (SSSR count). The summed E-state index contributed by atoms with van der Waals surface area (Å²) >= 11 is 7.62. The van der Waals surface area contributed by atoms with Crippen LogP contribution in [0, 0.1) is 0 Å². The lowest BCUT2D eigenvalue weighted by Crippen LogP contribution is -2.22. The van der Waals surface area contributed by atoms with E-state index < -0.39 is 5.97 Å². The van der Waals surface area contributed by atoms with E-state index in [2.05, 4.69) is 16.1 Å². The van der Waals surface area contributed by atoms with Crippen LogP contribution in [0.5, 0.6) is 0 Å². The fourth-order valence-electron chi connectivity index (χ4n) is 2.74. The molecule has 2 aromatic heterocycles. The Hall–Kier alpha value is -1.37. The number of aliphatic carboxylic acids is 1. The van der Waals surface area contributed by atoms with Gasteiger partial charge in [-0.2, -0.15) is 5.10 Å². The Morgan fingerprint density at radius 1 is 1.41 bits per heavy atom. The normalized spacial score (nSPS) is 15.5. The zero-order valence-electron chi connectivity index (χ0n) is 12.2. The van der Waals surface area contributed by atoms with Gasteiger partial charge in [-0.3, -0.25) is 14.4 Å². The van der Waals surface area contributed by atoms with Gasteiger partial charge in [0.05, 0.1) is 22.1 Å². The SMILES string of the molecule is O=C(O)CCc1cc2n(n1)CCCN(Cc1ccc(Cl)s1)C2. The third kappa shape index (κ3) is 3.88. The molecule has 0 unspecified atom stereocenters. The lowest BCUT2D eigenvalue weighted by Gasteiger charge is -2.18. The molecule has 0 radical (unpaired) electrons. The summed E-state index contributed by atoms with van der Waals surface area (Å²) in [6, 6.07) is 6.06. The number of carbonyl (C=O) groups is 1. The van der Waals surface area contributed by atoms with Crippen LogP contribution in [0.15, 0.2) is 18.2 Å². The van der Waals surface area contributed by atoms with Gasteiger partial charge in [-0.25, -0.2) is 0 Å². The van der Waals surface area contributed by atoms with Gasteiger partial charge >= 0.3 is 5.97 Å². The van der Waals surface area contributed by atoms with E-state index in [1.54, 1.807) is 11.3 Å². The van der Waals surface area contributed by atoms with Crippen molar-refractivity contribution >= 4 is 28.9 Å². The highest BCUT2D eigenvalue weighted by Gasteiger charge is 2.17. The first-order chi connectivity index (χ1) is 10.6. The van der Waals surface area contributed by atoms with Crippen LogP contribution in [-0.4, -0.2) is 32.3 Å². The molecule has 0 aromatic carbocycles. The van der Waals surface area contributed by atoms with Crippen LogP contribution in [-0.2, 0) is 30.8 Å². The summed E-state index contributed by atoms with van der Waals surface area (Å²) in [5.41, 5.74) is 2.04. The largest absolute Gasteiger partial charge is 0.481 e. The zero-order chi connectivity index (χ0) is 15.5. The Morgan fingerprint density at radius 3 is 3.00 bits per heavy atom. The van der Waals surface area contributed by atoms with Gasteiger partial charge in [-0.1, -0.05) is 11.6 Å². The molecule has 0 spiro atoms. The molecule has 0 fully saturated rings. The number of hydrogen-bond acceptors (Lipinski definition) is 4. The molecule has 7 heteroatoms. The maximum atomic E-state index is 10.7. The summed E-state index contributed by atoms with van der Waals surface area (Å²) in [4.78, 5) is 14.3. The maximum Gasteiger partial charge on any atom is 0.303 e. The van der Waals surface area contributed by atoms with E-state index in [0.29, 0.717) is 6.42 Å². The van der Waals surface area contributed by atoms with Crippen molar-refractivity contribution in [1.29, 1.82) is 0 Å². The number of nitrogens with zero attached hydrogens (tertiary/aromatic N) is 3. The fourth-order valence-corrected chi connectivity index (χ4v) is 3.87. The van der Waals surface area contributed by atoms with Crippen LogP contribution in [0.2, 0.25) is 4.34 Å².